The summed E-state index contributed by atoms with van der Waals surface area (Å²) < 4.78 is 0. The molecule has 0 N–H and O–H groups in total. The molecule has 0 bridgehead atoms. The molecule has 0 aliphatic rings. The van der Waals surface area contributed by atoms with Gasteiger partial charge in [-0.25, -0.2) is 15.0 Å². The molecule has 0 aromatic carbocycles. The van der Waals surface area contributed by atoms with Crippen LogP contribution in [0.4, 0.5) is 0 Å². The zero-order chi connectivity index (χ0) is 13.0. The van der Waals surface area contributed by atoms with Gasteiger partial charge in [-0.15, -0.1) is 0 Å². The molecule has 18 heavy (non-hydrogen) atoms. The van der Waals surface area contributed by atoms with Gasteiger partial charge < -0.3 is 0 Å². The van der Waals surface area contributed by atoms with Crippen molar-refractivity contribution in [3.05, 3.63) is 35.1 Å². The van der Waals surface area contributed by atoms with Crippen molar-refractivity contribution in [3.63, 3.8) is 0 Å². The molecule has 2 aromatic heterocycles. The van der Waals surface area contributed by atoms with E-state index in [-0.39, 0.29) is 0 Å². The zero-order valence-corrected chi connectivity index (χ0v) is 11.8. The highest BCUT2D eigenvalue weighted by atomic mass is 35.5. The third kappa shape index (κ3) is 3.17. The van der Waals surface area contributed by atoms with E-state index in [1.807, 2.05) is 6.92 Å². The number of rotatable bonds is 4. The SMILES string of the molecule is CCCc1nc(Cl)c(C)c(Sc2cnccn2)n1. The second-order valence-corrected chi connectivity index (χ2v) is 5.12. The third-order valence-corrected chi connectivity index (χ3v) is 3.68. The fourth-order valence-corrected chi connectivity index (χ4v) is 2.45. The number of hydrogen-bond donors (Lipinski definition) is 0. The Morgan fingerprint density at radius 3 is 2.78 bits per heavy atom. The average molecular weight is 281 g/mol. The smallest absolute Gasteiger partial charge is 0.136 e. The van der Waals surface area contributed by atoms with E-state index in [2.05, 4.69) is 26.9 Å². The van der Waals surface area contributed by atoms with Crippen molar-refractivity contribution in [3.8, 4) is 0 Å². The lowest BCUT2D eigenvalue weighted by Crippen LogP contribution is -1.99. The number of hydrogen-bond acceptors (Lipinski definition) is 5. The second-order valence-electron chi connectivity index (χ2n) is 3.76. The summed E-state index contributed by atoms with van der Waals surface area (Å²) in [5, 5.41) is 2.16. The maximum Gasteiger partial charge on any atom is 0.136 e. The van der Waals surface area contributed by atoms with Gasteiger partial charge in [-0.05, 0) is 25.1 Å². The molecule has 2 rings (SSSR count). The van der Waals surface area contributed by atoms with E-state index in [0.29, 0.717) is 5.15 Å². The van der Waals surface area contributed by atoms with Gasteiger partial charge in [-0.3, -0.25) is 4.98 Å². The van der Waals surface area contributed by atoms with Crippen molar-refractivity contribution in [2.75, 3.05) is 0 Å². The van der Waals surface area contributed by atoms with Crippen LogP contribution in [-0.2, 0) is 6.42 Å². The summed E-state index contributed by atoms with van der Waals surface area (Å²) in [7, 11) is 0. The Hall–Kier alpha value is -1.20. The van der Waals surface area contributed by atoms with Crippen LogP contribution in [0.5, 0.6) is 0 Å². The van der Waals surface area contributed by atoms with Crippen molar-refractivity contribution >= 4 is 23.4 Å². The molecule has 2 heterocycles. The summed E-state index contributed by atoms with van der Waals surface area (Å²) in [5.74, 6) is 0.777. The first-order valence-corrected chi connectivity index (χ1v) is 6.87. The summed E-state index contributed by atoms with van der Waals surface area (Å²) in [6.07, 6.45) is 6.84. The van der Waals surface area contributed by atoms with Crippen molar-refractivity contribution in [2.24, 2.45) is 0 Å². The Labute approximate surface area is 115 Å². The van der Waals surface area contributed by atoms with Crippen LogP contribution in [0.1, 0.15) is 24.7 Å². The van der Waals surface area contributed by atoms with Gasteiger partial charge in [0.15, 0.2) is 0 Å². The molecule has 0 radical (unpaired) electrons. The summed E-state index contributed by atoms with van der Waals surface area (Å²) >= 11 is 7.58. The molecule has 0 fully saturated rings. The minimum absolute atomic E-state index is 0.514. The van der Waals surface area contributed by atoms with Gasteiger partial charge in [0.1, 0.15) is 21.0 Å². The van der Waals surface area contributed by atoms with Crippen LogP contribution in [0.2, 0.25) is 5.15 Å². The highest BCUT2D eigenvalue weighted by molar-refractivity contribution is 7.99. The minimum atomic E-state index is 0.514. The molecule has 0 atom stereocenters. The van der Waals surface area contributed by atoms with E-state index < -0.39 is 0 Å². The predicted octanol–water partition coefficient (Wildman–Crippen LogP) is 3.33. The van der Waals surface area contributed by atoms with Gasteiger partial charge in [-0.2, -0.15) is 0 Å². The number of halogens is 1. The topological polar surface area (TPSA) is 51.6 Å². The van der Waals surface area contributed by atoms with E-state index in [0.717, 1.165) is 34.3 Å². The second kappa shape index (κ2) is 6.11. The Morgan fingerprint density at radius 1 is 1.28 bits per heavy atom. The third-order valence-electron chi connectivity index (χ3n) is 2.30. The molecular weight excluding hydrogens is 268 g/mol. The van der Waals surface area contributed by atoms with Gasteiger partial charge >= 0.3 is 0 Å². The maximum absolute atomic E-state index is 6.12. The molecule has 0 unspecified atom stereocenters. The van der Waals surface area contributed by atoms with E-state index in [9.17, 15) is 0 Å². The Bertz CT molecular complexity index is 533. The number of aromatic nitrogens is 4. The molecule has 0 amide bonds. The van der Waals surface area contributed by atoms with Crippen molar-refractivity contribution in [1.82, 2.24) is 19.9 Å². The first-order valence-electron chi connectivity index (χ1n) is 5.67. The van der Waals surface area contributed by atoms with E-state index in [1.54, 1.807) is 18.6 Å². The van der Waals surface area contributed by atoms with Crippen LogP contribution < -0.4 is 0 Å². The summed E-state index contributed by atoms with van der Waals surface area (Å²) in [6, 6.07) is 0. The Balaban J connectivity index is 2.31. The highest BCUT2D eigenvalue weighted by Gasteiger charge is 2.11. The van der Waals surface area contributed by atoms with E-state index in [4.69, 9.17) is 11.6 Å². The highest BCUT2D eigenvalue weighted by Crippen LogP contribution is 2.29. The molecule has 6 heteroatoms. The van der Waals surface area contributed by atoms with Gasteiger partial charge in [0.25, 0.3) is 0 Å². The molecule has 2 aromatic rings. The lowest BCUT2D eigenvalue weighted by molar-refractivity contribution is 0.801. The summed E-state index contributed by atoms with van der Waals surface area (Å²) in [4.78, 5) is 17.0. The normalized spacial score (nSPS) is 10.6. The minimum Gasteiger partial charge on any atom is -0.260 e. The molecule has 0 saturated carbocycles. The zero-order valence-electron chi connectivity index (χ0n) is 10.2. The lowest BCUT2D eigenvalue weighted by atomic mass is 10.3. The quantitative estimate of drug-likeness (QED) is 0.804. The fourth-order valence-electron chi connectivity index (χ4n) is 1.38. The molecule has 0 spiro atoms. The first-order chi connectivity index (χ1) is 8.70. The van der Waals surface area contributed by atoms with Crippen LogP contribution in [0.15, 0.2) is 28.6 Å². The Kier molecular flexibility index (Phi) is 4.49. The van der Waals surface area contributed by atoms with Crippen molar-refractivity contribution in [1.29, 1.82) is 0 Å². The summed E-state index contributed by atoms with van der Waals surface area (Å²) in [5.41, 5.74) is 0.882. The maximum atomic E-state index is 6.12. The standard InChI is InChI=1S/C12H13ClN4S/c1-3-4-9-16-11(13)8(2)12(17-9)18-10-7-14-5-6-15-10/h5-7H,3-4H2,1-2H3. The van der Waals surface area contributed by atoms with Crippen LogP contribution in [-0.4, -0.2) is 19.9 Å². The monoisotopic (exact) mass is 280 g/mol. The van der Waals surface area contributed by atoms with Crippen LogP contribution in [0, 0.1) is 6.92 Å². The van der Waals surface area contributed by atoms with Crippen LogP contribution in [0.3, 0.4) is 0 Å². The molecule has 4 nitrogen and oxygen atoms in total. The average Bonchev–Trinajstić information content (AvgIpc) is 2.37. The van der Waals surface area contributed by atoms with E-state index in [1.165, 1.54) is 11.8 Å². The lowest BCUT2D eigenvalue weighted by Gasteiger charge is -2.07. The van der Waals surface area contributed by atoms with Gasteiger partial charge in [-0.1, -0.05) is 18.5 Å². The van der Waals surface area contributed by atoms with Crippen LogP contribution >= 0.6 is 23.4 Å². The van der Waals surface area contributed by atoms with Gasteiger partial charge in [0.2, 0.25) is 0 Å². The first kappa shape index (κ1) is 13.2. The van der Waals surface area contributed by atoms with Gasteiger partial charge in [0, 0.05) is 24.4 Å². The molecule has 94 valence electrons. The summed E-state index contributed by atoms with van der Waals surface area (Å²) in [6.45, 7) is 4.00. The van der Waals surface area contributed by atoms with Crippen molar-refractivity contribution in [2.45, 2.75) is 36.7 Å². The van der Waals surface area contributed by atoms with Crippen molar-refractivity contribution < 1.29 is 0 Å². The number of aryl methyl sites for hydroxylation is 1. The molecule has 0 aliphatic carbocycles. The fraction of sp³-hybridized carbons (Fsp3) is 0.333. The molecular formula is C12H13ClN4S. The van der Waals surface area contributed by atoms with Gasteiger partial charge in [0.05, 0.1) is 6.20 Å². The predicted molar refractivity (Wildman–Crippen MR) is 71.9 cm³/mol. The molecule has 0 saturated heterocycles. The Morgan fingerprint density at radius 2 is 2.11 bits per heavy atom. The largest absolute Gasteiger partial charge is 0.260 e. The van der Waals surface area contributed by atoms with E-state index >= 15 is 0 Å². The van der Waals surface area contributed by atoms with Crippen LogP contribution in [0.25, 0.3) is 0 Å². The number of nitrogens with zero attached hydrogens (tertiary/aromatic N) is 4. The molecule has 0 aliphatic heterocycles.